The van der Waals surface area contributed by atoms with Crippen LogP contribution in [-0.4, -0.2) is 21.4 Å². The number of amides is 2. The molecule has 2 aromatic rings. The Morgan fingerprint density at radius 2 is 1.89 bits per heavy atom. The van der Waals surface area contributed by atoms with Gasteiger partial charge in [0.25, 0.3) is 11.8 Å². The van der Waals surface area contributed by atoms with E-state index in [0.29, 0.717) is 12.4 Å². The van der Waals surface area contributed by atoms with Crippen LogP contribution in [0.15, 0.2) is 29.8 Å². The Hall–Kier alpha value is -2.63. The van der Waals surface area contributed by atoms with E-state index < -0.39 is 11.8 Å². The molecule has 6 nitrogen and oxygen atoms in total. The molecular weight excluding hydrogens is 244 g/mol. The lowest BCUT2D eigenvalue weighted by Crippen LogP contribution is -2.26. The average molecular weight is 258 g/mol. The lowest BCUT2D eigenvalue weighted by atomic mass is 10.2. The molecule has 19 heavy (non-hydrogen) atoms. The van der Waals surface area contributed by atoms with Gasteiger partial charge in [-0.15, -0.1) is 0 Å². The van der Waals surface area contributed by atoms with Crippen LogP contribution in [0.25, 0.3) is 17.1 Å². The molecule has 0 aliphatic rings. The number of benzene rings is 1. The molecule has 0 atom stereocenters. The largest absolute Gasteiger partial charge is 0.365 e. The van der Waals surface area contributed by atoms with E-state index in [-0.39, 0.29) is 5.57 Å². The highest BCUT2D eigenvalue weighted by Gasteiger charge is 2.15. The van der Waals surface area contributed by atoms with Gasteiger partial charge >= 0.3 is 0 Å². The number of aromatic nitrogens is 2. The van der Waals surface area contributed by atoms with Crippen molar-refractivity contribution in [2.75, 3.05) is 0 Å². The highest BCUT2D eigenvalue weighted by molar-refractivity contribution is 6.20. The summed E-state index contributed by atoms with van der Waals surface area (Å²) in [6.07, 6.45) is 1.33. The zero-order valence-corrected chi connectivity index (χ0v) is 10.5. The molecule has 0 bridgehead atoms. The van der Waals surface area contributed by atoms with Crippen LogP contribution < -0.4 is 11.5 Å². The van der Waals surface area contributed by atoms with E-state index in [1.54, 1.807) is 0 Å². The maximum atomic E-state index is 11.2. The first-order chi connectivity index (χ1) is 9.04. The summed E-state index contributed by atoms with van der Waals surface area (Å²) in [7, 11) is 0. The number of primary amides is 2. The van der Waals surface area contributed by atoms with Crippen molar-refractivity contribution in [3.05, 3.63) is 35.7 Å². The van der Waals surface area contributed by atoms with Gasteiger partial charge < -0.3 is 16.0 Å². The normalized spacial score (nSPS) is 10.4. The first-order valence-electron chi connectivity index (χ1n) is 5.81. The van der Waals surface area contributed by atoms with Gasteiger partial charge in [0.1, 0.15) is 11.4 Å². The summed E-state index contributed by atoms with van der Waals surface area (Å²) in [6, 6.07) is 7.53. The molecule has 6 heteroatoms. The predicted molar refractivity (Wildman–Crippen MR) is 71.8 cm³/mol. The Morgan fingerprint density at radius 3 is 2.47 bits per heavy atom. The molecule has 0 saturated carbocycles. The molecular formula is C13H14N4O2. The highest BCUT2D eigenvalue weighted by Crippen LogP contribution is 2.17. The van der Waals surface area contributed by atoms with Crippen molar-refractivity contribution in [3.63, 3.8) is 0 Å². The summed E-state index contributed by atoms with van der Waals surface area (Å²) in [5.41, 5.74) is 11.7. The third-order valence-corrected chi connectivity index (χ3v) is 2.80. The van der Waals surface area contributed by atoms with Crippen LogP contribution in [0.4, 0.5) is 0 Å². The number of nitrogens with two attached hydrogens (primary N) is 2. The number of rotatable bonds is 4. The van der Waals surface area contributed by atoms with Crippen molar-refractivity contribution in [1.29, 1.82) is 0 Å². The van der Waals surface area contributed by atoms with Crippen LogP contribution in [0.3, 0.4) is 0 Å². The first kappa shape index (κ1) is 12.8. The van der Waals surface area contributed by atoms with Crippen LogP contribution in [0.1, 0.15) is 12.7 Å². The fraction of sp³-hybridized carbons (Fsp3) is 0.154. The van der Waals surface area contributed by atoms with Crippen LogP contribution >= 0.6 is 0 Å². The molecule has 98 valence electrons. The third-order valence-electron chi connectivity index (χ3n) is 2.80. The van der Waals surface area contributed by atoms with E-state index in [0.717, 1.165) is 11.0 Å². The highest BCUT2D eigenvalue weighted by atomic mass is 16.2. The molecule has 0 spiro atoms. The SMILES string of the molecule is CCn1c(C=C(C(N)=O)C(N)=O)nc2ccccc21. The van der Waals surface area contributed by atoms with Gasteiger partial charge in [0.05, 0.1) is 11.0 Å². The van der Waals surface area contributed by atoms with Gasteiger partial charge in [0, 0.05) is 6.54 Å². The summed E-state index contributed by atoms with van der Waals surface area (Å²) >= 11 is 0. The molecule has 1 heterocycles. The number of para-hydroxylation sites is 2. The minimum absolute atomic E-state index is 0.259. The predicted octanol–water partition coefficient (Wildman–Crippen LogP) is 0.410. The quantitative estimate of drug-likeness (QED) is 0.471. The smallest absolute Gasteiger partial charge is 0.254 e. The van der Waals surface area contributed by atoms with E-state index >= 15 is 0 Å². The minimum Gasteiger partial charge on any atom is -0.365 e. The second kappa shape index (κ2) is 4.93. The topological polar surface area (TPSA) is 104 Å². The van der Waals surface area contributed by atoms with Gasteiger partial charge in [-0.3, -0.25) is 9.59 Å². The fourth-order valence-corrected chi connectivity index (χ4v) is 1.93. The van der Waals surface area contributed by atoms with Crippen molar-refractivity contribution in [1.82, 2.24) is 9.55 Å². The molecule has 0 fully saturated rings. The Morgan fingerprint density at radius 1 is 1.26 bits per heavy atom. The van der Waals surface area contributed by atoms with Crippen molar-refractivity contribution in [2.24, 2.45) is 11.5 Å². The Balaban J connectivity index is 2.65. The zero-order chi connectivity index (χ0) is 14.0. The van der Waals surface area contributed by atoms with Gasteiger partial charge in [-0.1, -0.05) is 12.1 Å². The molecule has 0 saturated heterocycles. The minimum atomic E-state index is -0.859. The Bertz CT molecular complexity index is 669. The molecule has 0 aliphatic carbocycles. The number of imidazole rings is 1. The molecule has 0 unspecified atom stereocenters. The van der Waals surface area contributed by atoms with Crippen molar-refractivity contribution < 1.29 is 9.59 Å². The molecule has 1 aromatic carbocycles. The number of hydrogen-bond acceptors (Lipinski definition) is 3. The lowest BCUT2D eigenvalue weighted by Gasteiger charge is -2.03. The van der Waals surface area contributed by atoms with Gasteiger partial charge in [-0.2, -0.15) is 0 Å². The molecule has 0 radical (unpaired) electrons. The van der Waals surface area contributed by atoms with Gasteiger partial charge in [-0.05, 0) is 25.1 Å². The first-order valence-corrected chi connectivity index (χ1v) is 5.81. The summed E-state index contributed by atoms with van der Waals surface area (Å²) in [5.74, 6) is -1.24. The molecule has 0 aliphatic heterocycles. The number of carbonyl (C=O) groups is 2. The number of carbonyl (C=O) groups excluding carboxylic acids is 2. The Kier molecular flexibility index (Phi) is 3.33. The molecule has 1 aromatic heterocycles. The molecule has 2 rings (SSSR count). The van der Waals surface area contributed by atoms with Crippen LogP contribution in [-0.2, 0) is 16.1 Å². The van der Waals surface area contributed by atoms with Crippen LogP contribution in [0, 0.1) is 0 Å². The zero-order valence-electron chi connectivity index (χ0n) is 10.5. The third kappa shape index (κ3) is 2.33. The van der Waals surface area contributed by atoms with Gasteiger partial charge in [-0.25, -0.2) is 4.98 Å². The van der Waals surface area contributed by atoms with Crippen molar-refractivity contribution in [2.45, 2.75) is 13.5 Å². The number of aryl methyl sites for hydroxylation is 1. The van der Waals surface area contributed by atoms with Crippen LogP contribution in [0.5, 0.6) is 0 Å². The van der Waals surface area contributed by atoms with E-state index in [9.17, 15) is 9.59 Å². The molecule has 4 N–H and O–H groups in total. The van der Waals surface area contributed by atoms with E-state index in [2.05, 4.69) is 4.98 Å². The summed E-state index contributed by atoms with van der Waals surface area (Å²) < 4.78 is 1.88. The number of hydrogen-bond donors (Lipinski definition) is 2. The second-order valence-corrected chi connectivity index (χ2v) is 3.99. The maximum absolute atomic E-state index is 11.2. The fourth-order valence-electron chi connectivity index (χ4n) is 1.93. The van der Waals surface area contributed by atoms with E-state index in [1.165, 1.54) is 6.08 Å². The monoisotopic (exact) mass is 258 g/mol. The van der Waals surface area contributed by atoms with Gasteiger partial charge in [0.2, 0.25) is 0 Å². The van der Waals surface area contributed by atoms with Gasteiger partial charge in [0.15, 0.2) is 0 Å². The van der Waals surface area contributed by atoms with Crippen molar-refractivity contribution in [3.8, 4) is 0 Å². The average Bonchev–Trinajstić information content (AvgIpc) is 2.72. The number of fused-ring (bicyclic) bond motifs is 1. The summed E-state index contributed by atoms with van der Waals surface area (Å²) in [6.45, 7) is 2.59. The second-order valence-electron chi connectivity index (χ2n) is 3.99. The van der Waals surface area contributed by atoms with Crippen LogP contribution in [0.2, 0.25) is 0 Å². The molecule has 2 amide bonds. The number of nitrogens with zero attached hydrogens (tertiary/aromatic N) is 2. The summed E-state index contributed by atoms with van der Waals surface area (Å²) in [5, 5.41) is 0. The Labute approximate surface area is 109 Å². The summed E-state index contributed by atoms with van der Waals surface area (Å²) in [4.78, 5) is 26.7. The van der Waals surface area contributed by atoms with Crippen molar-refractivity contribution >= 4 is 28.9 Å². The van der Waals surface area contributed by atoms with E-state index in [4.69, 9.17) is 11.5 Å². The lowest BCUT2D eigenvalue weighted by molar-refractivity contribution is -0.120. The maximum Gasteiger partial charge on any atom is 0.254 e. The standard InChI is InChI=1S/C13H14N4O2/c1-2-17-10-6-4-3-5-9(10)16-11(17)7-8(12(14)18)13(15)19/h3-7H,2H2,1H3,(H2,14,18)(H2,15,19). The van der Waals surface area contributed by atoms with E-state index in [1.807, 2.05) is 35.8 Å².